The van der Waals surface area contributed by atoms with Crippen molar-refractivity contribution < 1.29 is 9.53 Å². The Morgan fingerprint density at radius 2 is 1.76 bits per heavy atom. The van der Waals surface area contributed by atoms with Gasteiger partial charge in [-0.3, -0.25) is 5.32 Å². The van der Waals surface area contributed by atoms with Crippen LogP contribution in [0, 0.1) is 6.07 Å². The summed E-state index contributed by atoms with van der Waals surface area (Å²) in [5, 5.41) is 4.67. The number of amides is 1. The van der Waals surface area contributed by atoms with Crippen molar-refractivity contribution in [1.29, 1.82) is 0 Å². The third-order valence-corrected chi connectivity index (χ3v) is 3.16. The van der Waals surface area contributed by atoms with Crippen molar-refractivity contribution >= 4 is 22.6 Å². The molecule has 0 aliphatic heterocycles. The third kappa shape index (κ3) is 3.20. The summed E-state index contributed by atoms with van der Waals surface area (Å²) < 4.78 is 5.22. The lowest BCUT2D eigenvalue weighted by atomic mass is 10.1. The highest BCUT2D eigenvalue weighted by atomic mass is 16.5. The van der Waals surface area contributed by atoms with Crippen molar-refractivity contribution in [2.24, 2.45) is 0 Å². The maximum absolute atomic E-state index is 11.9. The zero-order valence-corrected chi connectivity index (χ0v) is 11.4. The SMILES string of the molecule is O=C(Nc1cc[c]c2ccccc12)OCc1ccccc1. The number of hydrogen-bond donors (Lipinski definition) is 1. The summed E-state index contributed by atoms with van der Waals surface area (Å²) in [7, 11) is 0. The van der Waals surface area contributed by atoms with Gasteiger partial charge in [-0.15, -0.1) is 0 Å². The normalized spacial score (nSPS) is 10.3. The summed E-state index contributed by atoms with van der Waals surface area (Å²) in [5.74, 6) is 0. The predicted octanol–water partition coefficient (Wildman–Crippen LogP) is 4.39. The first-order valence-electron chi connectivity index (χ1n) is 6.70. The molecule has 1 radical (unpaired) electrons. The summed E-state index contributed by atoms with van der Waals surface area (Å²) in [6, 6.07) is 24.1. The number of fused-ring (bicyclic) bond motifs is 1. The fourth-order valence-corrected chi connectivity index (χ4v) is 2.13. The van der Waals surface area contributed by atoms with Gasteiger partial charge in [-0.25, -0.2) is 4.79 Å². The molecule has 0 bridgehead atoms. The second-order valence-electron chi connectivity index (χ2n) is 4.62. The molecule has 0 aliphatic carbocycles. The molecule has 0 saturated heterocycles. The van der Waals surface area contributed by atoms with E-state index < -0.39 is 6.09 Å². The molecule has 103 valence electrons. The van der Waals surface area contributed by atoms with Crippen LogP contribution >= 0.6 is 0 Å². The maximum Gasteiger partial charge on any atom is 0.411 e. The quantitative estimate of drug-likeness (QED) is 0.770. The topological polar surface area (TPSA) is 38.3 Å². The smallest absolute Gasteiger partial charge is 0.411 e. The molecule has 0 unspecified atom stereocenters. The lowest BCUT2D eigenvalue weighted by molar-refractivity contribution is 0.155. The number of ether oxygens (including phenoxy) is 1. The monoisotopic (exact) mass is 276 g/mol. The van der Waals surface area contributed by atoms with Gasteiger partial charge in [0, 0.05) is 5.39 Å². The minimum Gasteiger partial charge on any atom is -0.444 e. The van der Waals surface area contributed by atoms with Gasteiger partial charge in [0.05, 0.1) is 5.69 Å². The van der Waals surface area contributed by atoms with Crippen LogP contribution in [0.3, 0.4) is 0 Å². The largest absolute Gasteiger partial charge is 0.444 e. The first kappa shape index (κ1) is 13.2. The molecule has 0 aliphatic rings. The Morgan fingerprint density at radius 1 is 1.00 bits per heavy atom. The van der Waals surface area contributed by atoms with Gasteiger partial charge in [0.25, 0.3) is 0 Å². The molecule has 21 heavy (non-hydrogen) atoms. The van der Waals surface area contributed by atoms with Gasteiger partial charge in [0.2, 0.25) is 0 Å². The second-order valence-corrected chi connectivity index (χ2v) is 4.62. The molecule has 3 aromatic carbocycles. The Hall–Kier alpha value is -2.81. The highest BCUT2D eigenvalue weighted by Gasteiger charge is 2.06. The number of carbonyl (C=O) groups excluding carboxylic acids is 1. The van der Waals surface area contributed by atoms with E-state index in [4.69, 9.17) is 4.74 Å². The van der Waals surface area contributed by atoms with Crippen LogP contribution in [0.15, 0.2) is 66.7 Å². The molecule has 0 aromatic heterocycles. The first-order valence-corrected chi connectivity index (χ1v) is 6.70. The van der Waals surface area contributed by atoms with Gasteiger partial charge in [-0.2, -0.15) is 0 Å². The van der Waals surface area contributed by atoms with Crippen LogP contribution in [0.1, 0.15) is 5.56 Å². The number of nitrogens with one attached hydrogen (secondary N) is 1. The van der Waals surface area contributed by atoms with Gasteiger partial charge in [0.1, 0.15) is 6.61 Å². The minimum absolute atomic E-state index is 0.254. The summed E-state index contributed by atoms with van der Waals surface area (Å²) in [4.78, 5) is 11.9. The Kier molecular flexibility index (Phi) is 3.83. The highest BCUT2D eigenvalue weighted by Crippen LogP contribution is 2.22. The third-order valence-electron chi connectivity index (χ3n) is 3.16. The highest BCUT2D eigenvalue weighted by molar-refractivity contribution is 5.99. The Morgan fingerprint density at radius 3 is 2.62 bits per heavy atom. The average molecular weight is 276 g/mol. The Labute approximate surface area is 123 Å². The van der Waals surface area contributed by atoms with E-state index in [1.165, 1.54) is 0 Å². The van der Waals surface area contributed by atoms with E-state index >= 15 is 0 Å². The van der Waals surface area contributed by atoms with Gasteiger partial charge in [-0.1, -0.05) is 60.7 Å². The van der Waals surface area contributed by atoms with Crippen molar-refractivity contribution in [2.45, 2.75) is 6.61 Å². The van der Waals surface area contributed by atoms with Crippen molar-refractivity contribution in [2.75, 3.05) is 5.32 Å². The number of anilines is 1. The van der Waals surface area contributed by atoms with Crippen molar-refractivity contribution in [1.82, 2.24) is 0 Å². The summed E-state index contributed by atoms with van der Waals surface area (Å²) in [6.45, 7) is 0.254. The number of rotatable bonds is 3. The Bertz CT molecular complexity index is 748. The van der Waals surface area contributed by atoms with E-state index in [1.54, 1.807) is 6.07 Å². The Balaban J connectivity index is 1.69. The van der Waals surface area contributed by atoms with E-state index in [0.29, 0.717) is 0 Å². The second kappa shape index (κ2) is 6.09. The van der Waals surface area contributed by atoms with Gasteiger partial charge in [-0.05, 0) is 23.1 Å². The molecule has 3 nitrogen and oxygen atoms in total. The first-order chi connectivity index (χ1) is 10.3. The number of carbonyl (C=O) groups is 1. The van der Waals surface area contributed by atoms with Gasteiger partial charge < -0.3 is 4.74 Å². The minimum atomic E-state index is -0.463. The fourth-order valence-electron chi connectivity index (χ4n) is 2.13. The van der Waals surface area contributed by atoms with E-state index in [9.17, 15) is 4.79 Å². The van der Waals surface area contributed by atoms with Crippen LogP contribution in [-0.4, -0.2) is 6.09 Å². The van der Waals surface area contributed by atoms with E-state index in [0.717, 1.165) is 22.0 Å². The zero-order chi connectivity index (χ0) is 14.5. The lowest BCUT2D eigenvalue weighted by Crippen LogP contribution is -2.13. The molecule has 1 N–H and O–H groups in total. The van der Waals surface area contributed by atoms with Crippen LogP contribution in [0.4, 0.5) is 10.5 Å². The molecule has 3 aromatic rings. The number of hydrogen-bond acceptors (Lipinski definition) is 2. The van der Waals surface area contributed by atoms with Gasteiger partial charge >= 0.3 is 6.09 Å². The van der Waals surface area contributed by atoms with Crippen LogP contribution in [0.5, 0.6) is 0 Å². The molecule has 0 heterocycles. The van der Waals surface area contributed by atoms with Crippen LogP contribution in [0.2, 0.25) is 0 Å². The van der Waals surface area contributed by atoms with Crippen molar-refractivity contribution in [3.05, 3.63) is 78.4 Å². The van der Waals surface area contributed by atoms with Crippen LogP contribution < -0.4 is 5.32 Å². The molecule has 0 spiro atoms. The summed E-state index contributed by atoms with van der Waals surface area (Å²) >= 11 is 0. The molecular weight excluding hydrogens is 262 g/mol. The molecule has 3 rings (SSSR count). The van der Waals surface area contributed by atoms with E-state index in [1.807, 2.05) is 60.7 Å². The molecule has 3 heteroatoms. The lowest BCUT2D eigenvalue weighted by Gasteiger charge is -2.09. The molecular formula is C18H14NO2. The van der Waals surface area contributed by atoms with Crippen molar-refractivity contribution in [3.63, 3.8) is 0 Å². The predicted molar refractivity (Wildman–Crippen MR) is 83.0 cm³/mol. The van der Waals surface area contributed by atoms with E-state index in [2.05, 4.69) is 11.4 Å². The summed E-state index contributed by atoms with van der Waals surface area (Å²) in [6.07, 6.45) is -0.463. The molecule has 1 amide bonds. The molecule has 0 atom stereocenters. The molecule has 0 saturated carbocycles. The van der Waals surface area contributed by atoms with Crippen molar-refractivity contribution in [3.8, 4) is 0 Å². The fraction of sp³-hybridized carbons (Fsp3) is 0.0556. The average Bonchev–Trinajstić information content (AvgIpc) is 2.54. The van der Waals surface area contributed by atoms with E-state index in [-0.39, 0.29) is 6.61 Å². The molecule has 0 fully saturated rings. The van der Waals surface area contributed by atoms with Gasteiger partial charge in [0.15, 0.2) is 0 Å². The number of benzene rings is 3. The van der Waals surface area contributed by atoms with Crippen LogP contribution in [0.25, 0.3) is 10.8 Å². The zero-order valence-electron chi connectivity index (χ0n) is 11.4. The maximum atomic E-state index is 11.9. The standard InChI is InChI=1S/C18H14NO2/c20-18(21-13-14-7-2-1-3-8-14)19-17-12-6-10-15-9-4-5-11-16(15)17/h1-9,11-12H,13H2,(H,19,20). The van der Waals surface area contributed by atoms with Crippen LogP contribution in [-0.2, 0) is 11.3 Å². The summed E-state index contributed by atoms with van der Waals surface area (Å²) in [5.41, 5.74) is 1.68.